The number of H-pyrrole nitrogens is 1. The van der Waals surface area contributed by atoms with E-state index in [0.29, 0.717) is 52.5 Å². The first-order valence-electron chi connectivity index (χ1n) is 15.5. The first kappa shape index (κ1) is 32.8. The van der Waals surface area contributed by atoms with Crippen LogP contribution < -0.4 is 11.3 Å². The van der Waals surface area contributed by atoms with Crippen LogP contribution in [0.1, 0.15) is 48.9 Å². The Bertz CT molecular complexity index is 2040. The molecule has 0 saturated heterocycles. The van der Waals surface area contributed by atoms with E-state index in [9.17, 15) is 23.1 Å². The van der Waals surface area contributed by atoms with Gasteiger partial charge in [0.1, 0.15) is 17.4 Å². The smallest absolute Gasteiger partial charge is 0.411 e. The highest BCUT2D eigenvalue weighted by molar-refractivity contribution is 5.85. The van der Waals surface area contributed by atoms with Gasteiger partial charge in [0.05, 0.1) is 23.7 Å². The Balaban J connectivity index is 1.31. The number of nitrogens with zero attached hydrogens (tertiary/aromatic N) is 3. The zero-order chi connectivity index (χ0) is 34.3. The minimum absolute atomic E-state index is 0.00673. The van der Waals surface area contributed by atoms with Crippen LogP contribution in [-0.2, 0) is 11.2 Å². The summed E-state index contributed by atoms with van der Waals surface area (Å²) in [7, 11) is 1.81. The predicted molar refractivity (Wildman–Crippen MR) is 179 cm³/mol. The molecule has 0 spiro atoms. The van der Waals surface area contributed by atoms with Gasteiger partial charge in [-0.15, -0.1) is 13.2 Å². The molecule has 1 saturated carbocycles. The second kappa shape index (κ2) is 12.8. The van der Waals surface area contributed by atoms with Gasteiger partial charge >= 0.3 is 6.36 Å². The number of benzene rings is 1. The Kier molecular flexibility index (Phi) is 8.78. The van der Waals surface area contributed by atoms with Gasteiger partial charge in [-0.3, -0.25) is 9.36 Å². The maximum Gasteiger partial charge on any atom is 0.572 e. The fourth-order valence-corrected chi connectivity index (χ4v) is 6.25. The Morgan fingerprint density at radius 1 is 1.25 bits per heavy atom. The van der Waals surface area contributed by atoms with E-state index in [4.69, 9.17) is 5.73 Å². The third-order valence-corrected chi connectivity index (χ3v) is 8.90. The van der Waals surface area contributed by atoms with Gasteiger partial charge in [0, 0.05) is 25.4 Å². The molecule has 1 atom stereocenters. The number of likely N-dealkylation sites (N-methyl/N-ethyl adjacent to an activating group) is 1. The van der Waals surface area contributed by atoms with Crippen LogP contribution in [0, 0.1) is 5.82 Å². The molecule has 3 aromatic rings. The lowest BCUT2D eigenvalue weighted by Gasteiger charge is -2.30. The summed E-state index contributed by atoms with van der Waals surface area (Å²) < 4.78 is 58.4. The first-order valence-corrected chi connectivity index (χ1v) is 15.5. The molecule has 48 heavy (non-hydrogen) atoms. The molecular formula is C36H35F4N5O3. The van der Waals surface area contributed by atoms with Crippen LogP contribution in [0.3, 0.4) is 0 Å². The highest BCUT2D eigenvalue weighted by Gasteiger charge is 2.31. The molecule has 0 amide bonds. The van der Waals surface area contributed by atoms with Crippen LogP contribution in [0.5, 0.6) is 0 Å². The monoisotopic (exact) mass is 661 g/mol. The second-order valence-electron chi connectivity index (χ2n) is 12.2. The number of fused-ring (bicyclic) bond motifs is 2. The number of halogens is 4. The van der Waals surface area contributed by atoms with E-state index in [1.807, 2.05) is 30.2 Å². The van der Waals surface area contributed by atoms with Crippen molar-refractivity contribution in [1.82, 2.24) is 14.5 Å². The quantitative estimate of drug-likeness (QED) is 0.138. The minimum Gasteiger partial charge on any atom is -0.411 e. The summed E-state index contributed by atoms with van der Waals surface area (Å²) in [6.07, 6.45) is 9.20. The highest BCUT2D eigenvalue weighted by atomic mass is 19.4. The third kappa shape index (κ3) is 6.66. The Hall–Kier alpha value is -5.10. The standard InChI is InChI=1S/C36H35F4N5O3/c1-4-21(9-8-20(2)48-36(38,39)40)29-17-26-18-31(44(3)35(41)43-33(26)42-29)23-6-5-7-30(27(14-23)19-46)45-13-12-24-15-25(22-10-11-22)16-28(37)32(24)34(45)47/h4-9,12-13,15-17,22,31,42,46H,1,10-11,14,18-19H2,2-3H3,(H2,41,43)/b20-8+,21-9+. The van der Waals surface area contributed by atoms with Crippen LogP contribution in [0.25, 0.3) is 22.0 Å². The van der Waals surface area contributed by atoms with Gasteiger partial charge in [-0.05, 0) is 102 Å². The van der Waals surface area contributed by atoms with Gasteiger partial charge in [-0.25, -0.2) is 4.39 Å². The van der Waals surface area contributed by atoms with Gasteiger partial charge in [0.2, 0.25) is 0 Å². The Morgan fingerprint density at radius 3 is 2.71 bits per heavy atom. The number of hydrogen-bond donors (Lipinski definition) is 3. The van der Waals surface area contributed by atoms with Gasteiger partial charge in [0.25, 0.3) is 5.56 Å². The molecule has 8 nitrogen and oxygen atoms in total. The predicted octanol–water partition coefficient (Wildman–Crippen LogP) is 6.95. The number of aliphatic hydroxyl groups is 1. The minimum atomic E-state index is -4.80. The normalized spacial score (nSPS) is 19.1. The molecule has 4 N–H and O–H groups in total. The Morgan fingerprint density at radius 2 is 2.02 bits per heavy atom. The molecule has 1 unspecified atom stereocenters. The lowest BCUT2D eigenvalue weighted by atomic mass is 9.93. The molecule has 6 rings (SSSR count). The van der Waals surface area contributed by atoms with E-state index in [1.54, 1.807) is 24.4 Å². The average molecular weight is 662 g/mol. The molecule has 3 aliphatic rings. The van der Waals surface area contributed by atoms with E-state index in [1.165, 1.54) is 35.8 Å². The molecule has 12 heteroatoms. The van der Waals surface area contributed by atoms with E-state index in [-0.39, 0.29) is 29.8 Å². The van der Waals surface area contributed by atoms with Crippen molar-refractivity contribution in [3.05, 3.63) is 123 Å². The molecule has 3 heterocycles. The second-order valence-corrected chi connectivity index (χ2v) is 12.2. The summed E-state index contributed by atoms with van der Waals surface area (Å²) in [5, 5.41) is 11.1. The van der Waals surface area contributed by atoms with E-state index in [0.717, 1.165) is 29.5 Å². The van der Waals surface area contributed by atoms with Crippen molar-refractivity contribution in [2.75, 3.05) is 13.7 Å². The molecule has 1 aliphatic heterocycles. The van der Waals surface area contributed by atoms with Gasteiger partial charge in [0.15, 0.2) is 5.96 Å². The number of aromatic nitrogens is 2. The molecule has 0 bridgehead atoms. The van der Waals surface area contributed by atoms with Crippen LogP contribution >= 0.6 is 0 Å². The summed E-state index contributed by atoms with van der Waals surface area (Å²) in [6.45, 7) is 4.65. The van der Waals surface area contributed by atoms with E-state index in [2.05, 4.69) is 21.3 Å². The molecule has 250 valence electrons. The summed E-state index contributed by atoms with van der Waals surface area (Å²) in [6, 6.07) is 6.61. The van der Waals surface area contributed by atoms with Crippen molar-refractivity contribution in [2.24, 2.45) is 10.7 Å². The fourth-order valence-electron chi connectivity index (χ4n) is 6.25. The van der Waals surface area contributed by atoms with Crippen LogP contribution in [0.15, 0.2) is 100 Å². The van der Waals surface area contributed by atoms with Gasteiger partial charge in [-0.2, -0.15) is 4.99 Å². The number of nitrogens with one attached hydrogen (secondary N) is 1. The lowest BCUT2D eigenvalue weighted by molar-refractivity contribution is -0.305. The van der Waals surface area contributed by atoms with E-state index >= 15 is 4.39 Å². The number of nitrogens with two attached hydrogens (primary N) is 1. The van der Waals surface area contributed by atoms with Crippen LogP contribution in [-0.4, -0.2) is 51.6 Å². The number of rotatable bonds is 8. The maximum absolute atomic E-state index is 15.3. The fraction of sp³-hybridized carbons (Fsp3) is 0.278. The highest BCUT2D eigenvalue weighted by Crippen LogP contribution is 2.41. The number of guanidine groups is 1. The number of aliphatic imine (C=N–C) groups is 1. The van der Waals surface area contributed by atoms with Crippen LogP contribution in [0.4, 0.5) is 23.4 Å². The van der Waals surface area contributed by atoms with E-state index < -0.39 is 17.7 Å². The van der Waals surface area contributed by atoms with Crippen molar-refractivity contribution >= 4 is 33.8 Å². The molecular weight excluding hydrogens is 626 g/mol. The molecule has 2 aliphatic carbocycles. The Labute approximate surface area is 274 Å². The van der Waals surface area contributed by atoms with Gasteiger partial charge < -0.3 is 25.5 Å². The van der Waals surface area contributed by atoms with Crippen molar-refractivity contribution in [3.8, 4) is 0 Å². The SMILES string of the molecule is C=C/C(=C\C=C(/C)OC(F)(F)F)c1cc2c([nH]1)N=C(N)N(C)C(C1=CC=CC(n3ccc4cc(C5CC5)cc(F)c4c3=O)=C(CO)C1)C2. The summed E-state index contributed by atoms with van der Waals surface area (Å²) in [5.74, 6) is 0.172. The van der Waals surface area contributed by atoms with Crippen molar-refractivity contribution in [3.63, 3.8) is 0 Å². The molecule has 2 aromatic heterocycles. The average Bonchev–Trinajstić information content (AvgIpc) is 3.85. The van der Waals surface area contributed by atoms with Crippen molar-refractivity contribution in [2.45, 2.75) is 50.9 Å². The number of aliphatic hydroxyl groups excluding tert-OH is 1. The topological polar surface area (TPSA) is 109 Å². The van der Waals surface area contributed by atoms with Crippen molar-refractivity contribution < 1.29 is 27.4 Å². The van der Waals surface area contributed by atoms with Gasteiger partial charge in [-0.1, -0.05) is 30.9 Å². The summed E-state index contributed by atoms with van der Waals surface area (Å²) in [5.41, 5.74) is 10.6. The number of ether oxygens (including phenoxy) is 1. The number of alkyl halides is 3. The molecule has 1 aromatic carbocycles. The zero-order valence-electron chi connectivity index (χ0n) is 26.4. The lowest BCUT2D eigenvalue weighted by Crippen LogP contribution is -2.43. The number of pyridine rings is 1. The number of aromatic amines is 1. The first-order chi connectivity index (χ1) is 22.9. The molecule has 0 radical (unpaired) electrons. The van der Waals surface area contributed by atoms with Crippen molar-refractivity contribution in [1.29, 1.82) is 0 Å². The number of allylic oxidation sites excluding steroid dienone is 9. The third-order valence-electron chi connectivity index (χ3n) is 8.90. The zero-order valence-corrected chi connectivity index (χ0v) is 26.4. The molecule has 1 fully saturated rings. The summed E-state index contributed by atoms with van der Waals surface area (Å²) >= 11 is 0. The summed E-state index contributed by atoms with van der Waals surface area (Å²) in [4.78, 5) is 23.2. The van der Waals surface area contributed by atoms with Crippen LogP contribution in [0.2, 0.25) is 0 Å². The largest absolute Gasteiger partial charge is 0.572 e. The maximum atomic E-state index is 15.3. The number of hydrogen-bond acceptors (Lipinski definition) is 6.